The van der Waals surface area contributed by atoms with Crippen LogP contribution in [0.3, 0.4) is 0 Å². The minimum absolute atomic E-state index is 0.0547. The fourth-order valence-corrected chi connectivity index (χ4v) is 3.76. The third kappa shape index (κ3) is 4.44. The molecule has 1 aliphatic heterocycles. The molecule has 0 amide bonds. The zero-order valence-electron chi connectivity index (χ0n) is 19.0. The molecule has 0 saturated carbocycles. The van der Waals surface area contributed by atoms with E-state index >= 15 is 0 Å². The number of ether oxygens (including phenoxy) is 1. The predicted octanol–water partition coefficient (Wildman–Crippen LogP) is 5.08. The van der Waals surface area contributed by atoms with E-state index in [9.17, 15) is 0 Å². The Kier molecular flexibility index (Phi) is 6.00. The van der Waals surface area contributed by atoms with Crippen molar-refractivity contribution in [3.63, 3.8) is 0 Å². The predicted molar refractivity (Wildman–Crippen MR) is 115 cm³/mol. The summed E-state index contributed by atoms with van der Waals surface area (Å²) in [6.07, 6.45) is -0.0547. The third-order valence-corrected chi connectivity index (χ3v) is 10.9. The molecule has 27 heavy (non-hydrogen) atoms. The Morgan fingerprint density at radius 2 is 1.56 bits per heavy atom. The molecule has 0 aliphatic carbocycles. The van der Waals surface area contributed by atoms with Gasteiger partial charge in [-0.25, -0.2) is 0 Å². The molecule has 1 fully saturated rings. The summed E-state index contributed by atoms with van der Waals surface area (Å²) in [7, 11) is -0.649. The molecule has 4 nitrogen and oxygen atoms in total. The van der Waals surface area contributed by atoms with Gasteiger partial charge in [0.1, 0.15) is 5.75 Å². The van der Waals surface area contributed by atoms with E-state index in [2.05, 4.69) is 73.7 Å². The van der Waals surface area contributed by atoms with Gasteiger partial charge < -0.3 is 18.5 Å². The van der Waals surface area contributed by atoms with E-state index in [1.165, 1.54) is 0 Å². The summed E-state index contributed by atoms with van der Waals surface area (Å²) in [6, 6.07) is 6.20. The molecule has 1 atom stereocenters. The smallest absolute Gasteiger partial charge is 0.495 e. The molecule has 1 aromatic rings. The van der Waals surface area contributed by atoms with Crippen molar-refractivity contribution in [1.29, 1.82) is 0 Å². The maximum atomic E-state index is 6.53. The van der Waals surface area contributed by atoms with Gasteiger partial charge in [0.15, 0.2) is 0 Å². The number of methoxy groups -OCH3 is 1. The largest absolute Gasteiger partial charge is 0.544 e. The normalized spacial score (nSPS) is 20.6. The van der Waals surface area contributed by atoms with Gasteiger partial charge in [-0.15, -0.1) is 0 Å². The molecule has 0 bridgehead atoms. The minimum atomic E-state index is -1.93. The van der Waals surface area contributed by atoms with Crippen LogP contribution in [0, 0.1) is 0 Å². The zero-order valence-corrected chi connectivity index (χ0v) is 20.0. The Morgan fingerprint density at radius 3 is 2.00 bits per heavy atom. The highest BCUT2D eigenvalue weighted by atomic mass is 28.4. The first kappa shape index (κ1) is 22.5. The molecule has 0 radical (unpaired) electrons. The summed E-state index contributed by atoms with van der Waals surface area (Å²) in [5, 5.41) is 0.135. The number of hydrogen-bond donors (Lipinski definition) is 0. The maximum Gasteiger partial charge on any atom is 0.495 e. The van der Waals surface area contributed by atoms with Crippen LogP contribution in [0.1, 0.15) is 67.1 Å². The van der Waals surface area contributed by atoms with Crippen molar-refractivity contribution in [2.24, 2.45) is 0 Å². The van der Waals surface area contributed by atoms with E-state index in [1.54, 1.807) is 7.11 Å². The van der Waals surface area contributed by atoms with E-state index in [4.69, 9.17) is 18.5 Å². The lowest BCUT2D eigenvalue weighted by molar-refractivity contribution is 0.00578. The minimum Gasteiger partial charge on any atom is -0.544 e. The average Bonchev–Trinajstić information content (AvgIpc) is 2.73. The standard InChI is InChI=1S/C21H37BO4Si/c1-15(23-9)17-13-12-16(24-27(10,11)19(2,3)4)14-18(17)22-25-20(5,6)21(7,8)26-22/h12-15H,1-11H3/t15-/m0/s1. The van der Waals surface area contributed by atoms with E-state index in [0.717, 1.165) is 16.8 Å². The second-order valence-corrected chi connectivity index (χ2v) is 14.8. The molecule has 152 valence electrons. The number of benzene rings is 1. The van der Waals surface area contributed by atoms with Crippen LogP contribution < -0.4 is 9.89 Å². The van der Waals surface area contributed by atoms with Gasteiger partial charge in [-0.05, 0) is 75.9 Å². The Bertz CT molecular complexity index is 663. The molecule has 1 heterocycles. The van der Waals surface area contributed by atoms with Crippen LogP contribution in [0.15, 0.2) is 18.2 Å². The molecule has 0 N–H and O–H groups in total. The Morgan fingerprint density at radius 1 is 1.04 bits per heavy atom. The van der Waals surface area contributed by atoms with Gasteiger partial charge in [-0.3, -0.25) is 0 Å². The van der Waals surface area contributed by atoms with Gasteiger partial charge in [0, 0.05) is 7.11 Å². The molecule has 1 aliphatic rings. The van der Waals surface area contributed by atoms with Crippen LogP contribution in [0.25, 0.3) is 0 Å². The van der Waals surface area contributed by atoms with Crippen LogP contribution in [0.2, 0.25) is 18.1 Å². The van der Waals surface area contributed by atoms with Crippen molar-refractivity contribution < 1.29 is 18.5 Å². The quantitative estimate of drug-likeness (QED) is 0.655. The summed E-state index contributed by atoms with van der Waals surface area (Å²) in [5.41, 5.74) is 1.28. The first-order valence-electron chi connectivity index (χ1n) is 9.82. The van der Waals surface area contributed by atoms with Crippen molar-refractivity contribution in [1.82, 2.24) is 0 Å². The lowest BCUT2D eigenvalue weighted by atomic mass is 9.74. The van der Waals surface area contributed by atoms with Crippen molar-refractivity contribution in [2.75, 3.05) is 7.11 Å². The van der Waals surface area contributed by atoms with Gasteiger partial charge in [0.2, 0.25) is 8.32 Å². The lowest BCUT2D eigenvalue weighted by Crippen LogP contribution is -2.44. The summed E-state index contributed by atoms with van der Waals surface area (Å²) in [5.74, 6) is 0.873. The van der Waals surface area contributed by atoms with Gasteiger partial charge in [0.05, 0.1) is 17.3 Å². The Balaban J connectivity index is 2.45. The fourth-order valence-electron chi connectivity index (χ4n) is 2.74. The van der Waals surface area contributed by atoms with Crippen LogP contribution in [-0.4, -0.2) is 33.7 Å². The van der Waals surface area contributed by atoms with E-state index in [0.29, 0.717) is 0 Å². The van der Waals surface area contributed by atoms with Gasteiger partial charge in [0.25, 0.3) is 0 Å². The molecule has 1 saturated heterocycles. The first-order chi connectivity index (χ1) is 12.1. The van der Waals surface area contributed by atoms with Gasteiger partial charge in [-0.1, -0.05) is 26.8 Å². The van der Waals surface area contributed by atoms with Crippen molar-refractivity contribution >= 4 is 20.9 Å². The summed E-state index contributed by atoms with van der Waals surface area (Å²) in [6.45, 7) is 21.6. The molecular weight excluding hydrogens is 355 g/mol. The molecule has 0 aromatic heterocycles. The molecule has 0 spiro atoms. The second kappa shape index (κ2) is 7.21. The van der Waals surface area contributed by atoms with E-state index in [1.807, 2.05) is 13.0 Å². The molecule has 0 unspecified atom stereocenters. The van der Waals surface area contributed by atoms with Gasteiger partial charge >= 0.3 is 7.12 Å². The molecular formula is C21H37BO4Si. The maximum absolute atomic E-state index is 6.53. The van der Waals surface area contributed by atoms with Crippen molar-refractivity contribution in [3.05, 3.63) is 23.8 Å². The van der Waals surface area contributed by atoms with Gasteiger partial charge in [-0.2, -0.15) is 0 Å². The summed E-state index contributed by atoms with van der Waals surface area (Å²) in [4.78, 5) is 0. The Hall–Kier alpha value is -0.818. The fraction of sp³-hybridized carbons (Fsp3) is 0.714. The topological polar surface area (TPSA) is 36.9 Å². The first-order valence-corrected chi connectivity index (χ1v) is 12.7. The highest BCUT2D eigenvalue weighted by Gasteiger charge is 2.52. The number of rotatable bonds is 5. The average molecular weight is 392 g/mol. The molecule has 2 rings (SSSR count). The molecule has 6 heteroatoms. The monoisotopic (exact) mass is 392 g/mol. The molecule has 1 aromatic carbocycles. The highest BCUT2D eigenvalue weighted by molar-refractivity contribution is 6.74. The second-order valence-electron chi connectivity index (χ2n) is 10.1. The van der Waals surface area contributed by atoms with Crippen LogP contribution in [0.5, 0.6) is 5.75 Å². The Labute approximate surface area is 167 Å². The summed E-state index contributed by atoms with van der Waals surface area (Å²) < 4.78 is 24.7. The summed E-state index contributed by atoms with van der Waals surface area (Å²) >= 11 is 0. The zero-order chi connectivity index (χ0) is 20.8. The number of hydrogen-bond acceptors (Lipinski definition) is 4. The van der Waals surface area contributed by atoms with Crippen molar-refractivity contribution in [3.8, 4) is 5.75 Å². The van der Waals surface area contributed by atoms with Crippen LogP contribution in [0.4, 0.5) is 0 Å². The lowest BCUT2D eigenvalue weighted by Gasteiger charge is -2.36. The highest BCUT2D eigenvalue weighted by Crippen LogP contribution is 2.39. The van der Waals surface area contributed by atoms with Crippen molar-refractivity contribution in [2.45, 2.75) is 90.8 Å². The van der Waals surface area contributed by atoms with E-state index < -0.39 is 15.4 Å². The van der Waals surface area contributed by atoms with Crippen LogP contribution >= 0.6 is 0 Å². The SMILES string of the molecule is CO[C@@H](C)c1ccc(O[Si](C)(C)C(C)(C)C)cc1B1OC(C)(C)C(C)(C)O1. The van der Waals surface area contributed by atoms with E-state index in [-0.39, 0.29) is 22.3 Å². The van der Waals surface area contributed by atoms with Crippen LogP contribution in [-0.2, 0) is 14.0 Å². The third-order valence-electron chi connectivity index (χ3n) is 6.54.